The Balaban J connectivity index is 2.54. The maximum absolute atomic E-state index is 15.2. The second kappa shape index (κ2) is 10.1. The van der Waals surface area contributed by atoms with Crippen molar-refractivity contribution in [3.8, 4) is 11.1 Å². The molecule has 0 radical (unpaired) electrons. The third-order valence-electron chi connectivity index (χ3n) is 4.54. The summed E-state index contributed by atoms with van der Waals surface area (Å²) in [5, 5.41) is 3.15. The third-order valence-corrected chi connectivity index (χ3v) is 4.85. The first-order valence-electron chi connectivity index (χ1n) is 10.1. The van der Waals surface area contributed by atoms with Crippen LogP contribution in [0.1, 0.15) is 56.8 Å². The molecule has 1 amide bonds. The zero-order valence-electron chi connectivity index (χ0n) is 18.8. The number of carbonyl (C=O) groups excluding carboxylic acids is 2. The van der Waals surface area contributed by atoms with Crippen LogP contribution in [-0.4, -0.2) is 24.3 Å². The SMILES string of the molecule is CCOC(=O)C[C@H](NC(=O)OC(C)(C)C)c1cc(-c2c(C)cccc2Cl)cc(C)c1F. The van der Waals surface area contributed by atoms with E-state index in [0.717, 1.165) is 11.1 Å². The molecule has 31 heavy (non-hydrogen) atoms. The second-order valence-electron chi connectivity index (χ2n) is 8.34. The fourth-order valence-electron chi connectivity index (χ4n) is 3.27. The Morgan fingerprint density at radius 2 is 1.84 bits per heavy atom. The average molecular weight is 450 g/mol. The van der Waals surface area contributed by atoms with Gasteiger partial charge >= 0.3 is 12.1 Å². The number of carbonyl (C=O) groups is 2. The van der Waals surface area contributed by atoms with Crippen molar-refractivity contribution in [2.24, 2.45) is 0 Å². The van der Waals surface area contributed by atoms with E-state index in [2.05, 4.69) is 5.32 Å². The van der Waals surface area contributed by atoms with Crippen molar-refractivity contribution in [1.82, 2.24) is 5.32 Å². The van der Waals surface area contributed by atoms with Crippen molar-refractivity contribution < 1.29 is 23.5 Å². The molecule has 2 rings (SSSR count). The van der Waals surface area contributed by atoms with Gasteiger partial charge in [-0.05, 0) is 76.4 Å². The summed E-state index contributed by atoms with van der Waals surface area (Å²) in [6.07, 6.45) is -0.993. The predicted molar refractivity (Wildman–Crippen MR) is 120 cm³/mol. The number of benzene rings is 2. The van der Waals surface area contributed by atoms with Gasteiger partial charge in [-0.2, -0.15) is 0 Å². The number of esters is 1. The molecule has 168 valence electrons. The first-order valence-corrected chi connectivity index (χ1v) is 10.5. The van der Waals surface area contributed by atoms with E-state index in [0.29, 0.717) is 16.1 Å². The molecular formula is C24H29ClFNO4. The Labute approximate surface area is 187 Å². The van der Waals surface area contributed by atoms with Crippen molar-refractivity contribution in [2.75, 3.05) is 6.61 Å². The molecule has 0 spiro atoms. The molecule has 7 heteroatoms. The fourth-order valence-corrected chi connectivity index (χ4v) is 3.60. The summed E-state index contributed by atoms with van der Waals surface area (Å²) >= 11 is 6.41. The molecule has 1 atom stereocenters. The Morgan fingerprint density at radius 3 is 2.42 bits per heavy atom. The first kappa shape index (κ1) is 24.7. The summed E-state index contributed by atoms with van der Waals surface area (Å²) in [4.78, 5) is 24.6. The van der Waals surface area contributed by atoms with Gasteiger partial charge in [0.15, 0.2) is 0 Å². The highest BCUT2D eigenvalue weighted by Crippen LogP contribution is 2.35. The highest BCUT2D eigenvalue weighted by atomic mass is 35.5. The highest BCUT2D eigenvalue weighted by molar-refractivity contribution is 6.33. The molecule has 0 bridgehead atoms. The number of nitrogens with one attached hydrogen (secondary N) is 1. The molecule has 5 nitrogen and oxygen atoms in total. The van der Waals surface area contributed by atoms with Gasteiger partial charge in [0.1, 0.15) is 11.4 Å². The minimum absolute atomic E-state index is 0.160. The Hall–Kier alpha value is -2.60. The van der Waals surface area contributed by atoms with Crippen LogP contribution < -0.4 is 5.32 Å². The van der Waals surface area contributed by atoms with Crippen LogP contribution >= 0.6 is 11.6 Å². The molecule has 0 heterocycles. The number of amides is 1. The number of hydrogen-bond donors (Lipinski definition) is 1. The summed E-state index contributed by atoms with van der Waals surface area (Å²) in [7, 11) is 0. The average Bonchev–Trinajstić information content (AvgIpc) is 2.62. The molecule has 0 aliphatic rings. The molecule has 0 saturated heterocycles. The molecule has 2 aromatic rings. The van der Waals surface area contributed by atoms with Crippen molar-refractivity contribution in [2.45, 2.75) is 59.6 Å². The van der Waals surface area contributed by atoms with Gasteiger partial charge in [-0.15, -0.1) is 0 Å². The Bertz CT molecular complexity index is 949. The summed E-state index contributed by atoms with van der Waals surface area (Å²) in [6.45, 7) is 10.6. The predicted octanol–water partition coefficient (Wildman–Crippen LogP) is 6.28. The standard InChI is InChI=1S/C24H29ClFNO4/c1-7-30-20(28)13-19(27-23(29)31-24(4,5)6)17-12-16(11-15(3)22(17)26)21-14(2)9-8-10-18(21)25/h8-12,19H,7,13H2,1-6H3,(H,27,29)/t19-/m0/s1. The molecule has 0 unspecified atom stereocenters. The quantitative estimate of drug-likeness (QED) is 0.527. The zero-order valence-corrected chi connectivity index (χ0v) is 19.5. The van der Waals surface area contributed by atoms with Crippen molar-refractivity contribution in [3.05, 3.63) is 57.9 Å². The minimum Gasteiger partial charge on any atom is -0.466 e. The first-order chi connectivity index (χ1) is 14.4. The number of hydrogen-bond acceptors (Lipinski definition) is 4. The van der Waals surface area contributed by atoms with E-state index >= 15 is 4.39 Å². The van der Waals surface area contributed by atoms with Crippen LogP contribution in [0.3, 0.4) is 0 Å². The molecule has 0 saturated carbocycles. The number of rotatable bonds is 6. The van der Waals surface area contributed by atoms with Gasteiger partial charge in [-0.25, -0.2) is 9.18 Å². The molecule has 2 aromatic carbocycles. The normalized spacial score (nSPS) is 12.3. The van der Waals surface area contributed by atoms with Crippen molar-refractivity contribution in [3.63, 3.8) is 0 Å². The minimum atomic E-state index is -0.977. The van der Waals surface area contributed by atoms with Crippen molar-refractivity contribution in [1.29, 1.82) is 0 Å². The van der Waals surface area contributed by atoms with Gasteiger partial charge in [0.2, 0.25) is 0 Å². The van der Waals surface area contributed by atoms with E-state index in [-0.39, 0.29) is 18.6 Å². The summed E-state index contributed by atoms with van der Waals surface area (Å²) in [5.74, 6) is -1.07. The maximum atomic E-state index is 15.2. The molecule has 0 aromatic heterocycles. The van der Waals surface area contributed by atoms with Crippen molar-refractivity contribution >= 4 is 23.7 Å². The smallest absolute Gasteiger partial charge is 0.408 e. The van der Waals surface area contributed by atoms with E-state index in [9.17, 15) is 9.59 Å². The van der Waals surface area contributed by atoms with Crippen LogP contribution in [0, 0.1) is 19.7 Å². The van der Waals surface area contributed by atoms with E-state index in [1.165, 1.54) is 0 Å². The van der Waals surface area contributed by atoms with Gasteiger partial charge < -0.3 is 14.8 Å². The topological polar surface area (TPSA) is 64.6 Å². The van der Waals surface area contributed by atoms with Crippen LogP contribution in [0.15, 0.2) is 30.3 Å². The summed E-state index contributed by atoms with van der Waals surface area (Å²) < 4.78 is 25.5. The lowest BCUT2D eigenvalue weighted by molar-refractivity contribution is -0.143. The van der Waals surface area contributed by atoms with Crippen LogP contribution in [0.25, 0.3) is 11.1 Å². The maximum Gasteiger partial charge on any atom is 0.408 e. The lowest BCUT2D eigenvalue weighted by atomic mass is 9.93. The van der Waals surface area contributed by atoms with E-state index in [1.54, 1.807) is 52.8 Å². The number of ether oxygens (including phenoxy) is 2. The van der Waals surface area contributed by atoms with Gasteiger partial charge in [0.25, 0.3) is 0 Å². The summed E-state index contributed by atoms with van der Waals surface area (Å²) in [5.41, 5.74) is 2.16. The highest BCUT2D eigenvalue weighted by Gasteiger charge is 2.27. The third kappa shape index (κ3) is 6.69. The number of aryl methyl sites for hydroxylation is 2. The molecule has 0 fully saturated rings. The van der Waals surface area contributed by atoms with Crippen LogP contribution in [0.5, 0.6) is 0 Å². The zero-order chi connectivity index (χ0) is 23.3. The van der Waals surface area contributed by atoms with E-state index in [1.807, 2.05) is 19.1 Å². The monoisotopic (exact) mass is 449 g/mol. The van der Waals surface area contributed by atoms with Gasteiger partial charge in [0.05, 0.1) is 19.1 Å². The van der Waals surface area contributed by atoms with Crippen LogP contribution in [0.2, 0.25) is 5.02 Å². The number of halogens is 2. The fraction of sp³-hybridized carbons (Fsp3) is 0.417. The van der Waals surface area contributed by atoms with Crippen LogP contribution in [-0.2, 0) is 14.3 Å². The lowest BCUT2D eigenvalue weighted by Crippen LogP contribution is -2.36. The van der Waals surface area contributed by atoms with Crippen LogP contribution in [0.4, 0.5) is 9.18 Å². The largest absolute Gasteiger partial charge is 0.466 e. The van der Waals surface area contributed by atoms with E-state index in [4.69, 9.17) is 21.1 Å². The van der Waals surface area contributed by atoms with Gasteiger partial charge in [-0.1, -0.05) is 23.7 Å². The Kier molecular flexibility index (Phi) is 8.07. The van der Waals surface area contributed by atoms with Gasteiger partial charge in [-0.3, -0.25) is 4.79 Å². The number of alkyl carbamates (subject to hydrolysis) is 1. The summed E-state index contributed by atoms with van der Waals surface area (Å²) in [6, 6.07) is 7.84. The lowest BCUT2D eigenvalue weighted by Gasteiger charge is -2.24. The second-order valence-corrected chi connectivity index (χ2v) is 8.74. The molecule has 0 aliphatic carbocycles. The van der Waals surface area contributed by atoms with E-state index < -0.39 is 29.5 Å². The molecule has 0 aliphatic heterocycles. The molecular weight excluding hydrogens is 421 g/mol. The molecule has 1 N–H and O–H groups in total. The van der Waals surface area contributed by atoms with Gasteiger partial charge in [0, 0.05) is 16.1 Å². The Morgan fingerprint density at radius 1 is 1.16 bits per heavy atom.